The van der Waals surface area contributed by atoms with E-state index in [1.807, 2.05) is 6.92 Å². The summed E-state index contributed by atoms with van der Waals surface area (Å²) in [5.74, 6) is 0.175. The van der Waals surface area contributed by atoms with Crippen LogP contribution in [-0.4, -0.2) is 6.61 Å². The Kier molecular flexibility index (Phi) is 3.55. The molecule has 1 nitrogen and oxygen atoms in total. The van der Waals surface area contributed by atoms with E-state index in [0.29, 0.717) is 22.9 Å². The van der Waals surface area contributed by atoms with E-state index in [1.54, 1.807) is 13.0 Å². The minimum absolute atomic E-state index is 0.321. The van der Waals surface area contributed by atoms with Gasteiger partial charge in [-0.1, -0.05) is 18.5 Å². The highest BCUT2D eigenvalue weighted by Gasteiger charge is 2.05. The van der Waals surface area contributed by atoms with Gasteiger partial charge in [0, 0.05) is 11.6 Å². The summed E-state index contributed by atoms with van der Waals surface area (Å²) in [6, 6.07) is 2.99. The molecule has 0 saturated carbocycles. The van der Waals surface area contributed by atoms with Crippen molar-refractivity contribution in [2.45, 2.75) is 20.3 Å². The van der Waals surface area contributed by atoms with Crippen LogP contribution in [0.4, 0.5) is 4.39 Å². The van der Waals surface area contributed by atoms with Crippen molar-refractivity contribution >= 4 is 11.6 Å². The molecule has 0 aliphatic rings. The molecule has 0 fully saturated rings. The fraction of sp³-hybridized carbons (Fsp3) is 0.400. The van der Waals surface area contributed by atoms with Gasteiger partial charge in [0.2, 0.25) is 0 Å². The molecule has 0 saturated heterocycles. The van der Waals surface area contributed by atoms with Gasteiger partial charge in [-0.3, -0.25) is 0 Å². The van der Waals surface area contributed by atoms with Crippen molar-refractivity contribution in [3.8, 4) is 5.75 Å². The van der Waals surface area contributed by atoms with Gasteiger partial charge in [-0.2, -0.15) is 0 Å². The van der Waals surface area contributed by atoms with Crippen molar-refractivity contribution in [2.75, 3.05) is 6.61 Å². The van der Waals surface area contributed by atoms with Crippen molar-refractivity contribution in [1.29, 1.82) is 0 Å². The third-order valence-electron chi connectivity index (χ3n) is 1.73. The predicted octanol–water partition coefficient (Wildman–Crippen LogP) is 3.58. The maximum Gasteiger partial charge on any atom is 0.131 e. The maximum absolute atomic E-state index is 13.1. The second kappa shape index (κ2) is 4.47. The first kappa shape index (κ1) is 10.3. The molecular weight excluding hydrogens is 191 g/mol. The Labute approximate surface area is 82.5 Å². The Bertz CT molecular complexity index is 276. The molecule has 72 valence electrons. The summed E-state index contributed by atoms with van der Waals surface area (Å²) in [4.78, 5) is 0. The first-order valence-corrected chi connectivity index (χ1v) is 4.61. The summed E-state index contributed by atoms with van der Waals surface area (Å²) >= 11 is 5.78. The predicted molar refractivity (Wildman–Crippen MR) is 51.9 cm³/mol. The summed E-state index contributed by atoms with van der Waals surface area (Å²) in [6.45, 7) is 4.21. The second-order valence-corrected chi connectivity index (χ2v) is 3.27. The lowest BCUT2D eigenvalue weighted by Crippen LogP contribution is -1.96. The molecule has 1 rings (SSSR count). The first-order valence-electron chi connectivity index (χ1n) is 4.23. The van der Waals surface area contributed by atoms with Crippen LogP contribution in [0.1, 0.15) is 18.9 Å². The lowest BCUT2D eigenvalue weighted by atomic mass is 10.2. The summed E-state index contributed by atoms with van der Waals surface area (Å²) in [7, 11) is 0. The Morgan fingerprint density at radius 3 is 2.69 bits per heavy atom. The Balaban J connectivity index is 2.86. The van der Waals surface area contributed by atoms with Gasteiger partial charge in [0.1, 0.15) is 11.6 Å². The van der Waals surface area contributed by atoms with Gasteiger partial charge < -0.3 is 4.74 Å². The molecule has 0 aromatic heterocycles. The smallest absolute Gasteiger partial charge is 0.131 e. The van der Waals surface area contributed by atoms with Gasteiger partial charge in [0.05, 0.1) is 11.6 Å². The lowest BCUT2D eigenvalue weighted by Gasteiger charge is -2.06. The van der Waals surface area contributed by atoms with Crippen LogP contribution in [0, 0.1) is 12.7 Å². The van der Waals surface area contributed by atoms with Crippen molar-refractivity contribution in [3.63, 3.8) is 0 Å². The van der Waals surface area contributed by atoms with Gasteiger partial charge in [-0.15, -0.1) is 0 Å². The van der Waals surface area contributed by atoms with Crippen LogP contribution in [0.25, 0.3) is 0 Å². The number of rotatable bonds is 3. The largest absolute Gasteiger partial charge is 0.493 e. The highest BCUT2D eigenvalue weighted by Crippen LogP contribution is 2.24. The molecule has 0 radical (unpaired) electrons. The summed E-state index contributed by atoms with van der Waals surface area (Å²) < 4.78 is 18.4. The van der Waals surface area contributed by atoms with Gasteiger partial charge in [0.15, 0.2) is 0 Å². The van der Waals surface area contributed by atoms with Crippen molar-refractivity contribution in [3.05, 3.63) is 28.5 Å². The molecule has 0 aliphatic heterocycles. The second-order valence-electron chi connectivity index (χ2n) is 2.86. The number of hydrogen-bond acceptors (Lipinski definition) is 1. The molecule has 1 aromatic carbocycles. The van der Waals surface area contributed by atoms with Crippen LogP contribution in [0.2, 0.25) is 5.02 Å². The summed E-state index contributed by atoms with van der Waals surface area (Å²) in [6.07, 6.45) is 0.896. The van der Waals surface area contributed by atoms with Crippen LogP contribution in [0.15, 0.2) is 12.1 Å². The topological polar surface area (TPSA) is 9.23 Å². The first-order chi connectivity index (χ1) is 6.15. The summed E-state index contributed by atoms with van der Waals surface area (Å²) in [5, 5.41) is 0.408. The van der Waals surface area contributed by atoms with Gasteiger partial charge in [0.25, 0.3) is 0 Å². The molecule has 0 N–H and O–H groups in total. The molecule has 13 heavy (non-hydrogen) atoms. The van der Waals surface area contributed by atoms with Gasteiger partial charge >= 0.3 is 0 Å². The van der Waals surface area contributed by atoms with Crippen LogP contribution in [0.5, 0.6) is 5.75 Å². The van der Waals surface area contributed by atoms with E-state index < -0.39 is 0 Å². The zero-order valence-electron chi connectivity index (χ0n) is 7.73. The summed E-state index contributed by atoms with van der Waals surface area (Å²) in [5.41, 5.74) is 0.463. The fourth-order valence-electron chi connectivity index (χ4n) is 0.925. The average molecular weight is 203 g/mol. The highest BCUT2D eigenvalue weighted by atomic mass is 35.5. The van der Waals surface area contributed by atoms with Crippen LogP contribution in [0.3, 0.4) is 0 Å². The standard InChI is InChI=1S/C10H12ClFO/c1-3-4-13-8-5-9(11)7(2)10(12)6-8/h5-6H,3-4H2,1-2H3. The molecular formula is C10H12ClFO. The molecule has 0 spiro atoms. The van der Waals surface area contributed by atoms with E-state index in [0.717, 1.165) is 6.42 Å². The fourth-order valence-corrected chi connectivity index (χ4v) is 1.12. The monoisotopic (exact) mass is 202 g/mol. The lowest BCUT2D eigenvalue weighted by molar-refractivity contribution is 0.315. The molecule has 0 amide bonds. The Morgan fingerprint density at radius 2 is 2.15 bits per heavy atom. The molecule has 0 atom stereocenters. The third-order valence-corrected chi connectivity index (χ3v) is 2.12. The molecule has 0 aliphatic carbocycles. The number of benzene rings is 1. The minimum atomic E-state index is -0.321. The normalized spacial score (nSPS) is 10.2. The molecule has 0 unspecified atom stereocenters. The van der Waals surface area contributed by atoms with E-state index in [2.05, 4.69) is 0 Å². The third kappa shape index (κ3) is 2.59. The van der Waals surface area contributed by atoms with Crippen LogP contribution >= 0.6 is 11.6 Å². The van der Waals surface area contributed by atoms with Crippen molar-refractivity contribution < 1.29 is 9.13 Å². The highest BCUT2D eigenvalue weighted by molar-refractivity contribution is 6.31. The average Bonchev–Trinajstić information content (AvgIpc) is 2.10. The van der Waals surface area contributed by atoms with Gasteiger partial charge in [-0.25, -0.2) is 4.39 Å². The SMILES string of the molecule is CCCOc1cc(F)c(C)c(Cl)c1. The van der Waals surface area contributed by atoms with Crippen LogP contribution in [-0.2, 0) is 0 Å². The van der Waals surface area contributed by atoms with Crippen LogP contribution < -0.4 is 4.74 Å². The quantitative estimate of drug-likeness (QED) is 0.728. The van der Waals surface area contributed by atoms with E-state index in [-0.39, 0.29) is 5.82 Å². The molecule has 1 aromatic rings. The van der Waals surface area contributed by atoms with E-state index in [4.69, 9.17) is 16.3 Å². The molecule has 0 bridgehead atoms. The van der Waals surface area contributed by atoms with Crippen molar-refractivity contribution in [1.82, 2.24) is 0 Å². The van der Waals surface area contributed by atoms with E-state index in [1.165, 1.54) is 6.07 Å². The van der Waals surface area contributed by atoms with E-state index >= 15 is 0 Å². The van der Waals surface area contributed by atoms with Crippen molar-refractivity contribution in [2.24, 2.45) is 0 Å². The maximum atomic E-state index is 13.1. The molecule has 0 heterocycles. The zero-order chi connectivity index (χ0) is 9.84. The minimum Gasteiger partial charge on any atom is -0.493 e. The number of ether oxygens (including phenoxy) is 1. The Hall–Kier alpha value is -0.760. The van der Waals surface area contributed by atoms with Gasteiger partial charge in [-0.05, 0) is 19.4 Å². The Morgan fingerprint density at radius 1 is 1.46 bits per heavy atom. The number of halogens is 2. The van der Waals surface area contributed by atoms with E-state index in [9.17, 15) is 4.39 Å². The zero-order valence-corrected chi connectivity index (χ0v) is 8.49. The number of hydrogen-bond donors (Lipinski definition) is 0. The molecule has 3 heteroatoms.